The Morgan fingerprint density at radius 2 is 1.85 bits per heavy atom. The minimum absolute atomic E-state index is 0.0490. The maximum atomic E-state index is 13.0. The normalized spacial score (nSPS) is 16.3. The van der Waals surface area contributed by atoms with Crippen LogP contribution >= 0.6 is 0 Å². The first kappa shape index (κ1) is 22.4. The Labute approximate surface area is 187 Å². The maximum Gasteiger partial charge on any atom is 0.416 e. The van der Waals surface area contributed by atoms with E-state index in [1.165, 1.54) is 24.3 Å². The number of hydrogen-bond acceptors (Lipinski definition) is 6. The highest BCUT2D eigenvalue weighted by Gasteiger charge is 2.31. The van der Waals surface area contributed by atoms with E-state index in [4.69, 9.17) is 0 Å². The molecule has 2 aromatic carbocycles. The van der Waals surface area contributed by atoms with E-state index in [2.05, 4.69) is 20.2 Å². The number of nitro benzene ring substituents is 1. The van der Waals surface area contributed by atoms with Gasteiger partial charge in [-0.05, 0) is 43.5 Å². The third kappa shape index (κ3) is 5.02. The van der Waals surface area contributed by atoms with Gasteiger partial charge in [0.05, 0.1) is 17.0 Å². The average molecular weight is 459 g/mol. The van der Waals surface area contributed by atoms with E-state index in [-0.39, 0.29) is 35.0 Å². The number of piperidine rings is 1. The molecule has 8 nitrogen and oxygen atoms in total. The molecule has 1 amide bonds. The van der Waals surface area contributed by atoms with Crippen LogP contribution in [-0.2, 0) is 6.18 Å². The van der Waals surface area contributed by atoms with Gasteiger partial charge < -0.3 is 10.2 Å². The fourth-order valence-electron chi connectivity index (χ4n) is 3.82. The molecule has 1 fully saturated rings. The van der Waals surface area contributed by atoms with Gasteiger partial charge in [-0.15, -0.1) is 0 Å². The van der Waals surface area contributed by atoms with Gasteiger partial charge in [0.15, 0.2) is 5.84 Å². The average Bonchev–Trinajstić information content (AvgIpc) is 3.27. The van der Waals surface area contributed by atoms with Crippen LogP contribution in [-0.4, -0.2) is 42.1 Å². The molecule has 0 aliphatic carbocycles. The Kier molecular flexibility index (Phi) is 6.12. The van der Waals surface area contributed by atoms with Crippen molar-refractivity contribution >= 4 is 29.0 Å². The zero-order valence-corrected chi connectivity index (χ0v) is 17.4. The first-order valence-corrected chi connectivity index (χ1v) is 10.4. The lowest BCUT2D eigenvalue weighted by molar-refractivity contribution is -0.385. The number of nitrogens with zero attached hydrogens (tertiary/aromatic N) is 4. The molecule has 0 atom stereocenters. The number of amidine groups is 2. The number of alkyl halides is 3. The van der Waals surface area contributed by atoms with Crippen LogP contribution in [0.3, 0.4) is 0 Å². The summed E-state index contributed by atoms with van der Waals surface area (Å²) in [6.07, 6.45) is -1.38. The molecule has 11 heteroatoms. The molecule has 2 aliphatic heterocycles. The number of amides is 1. The smallest absolute Gasteiger partial charge is 0.372 e. The van der Waals surface area contributed by atoms with E-state index in [9.17, 15) is 28.1 Å². The molecule has 1 N–H and O–H groups in total. The summed E-state index contributed by atoms with van der Waals surface area (Å²) in [6, 6.07) is 8.99. The predicted molar refractivity (Wildman–Crippen MR) is 117 cm³/mol. The molecule has 0 bridgehead atoms. The van der Waals surface area contributed by atoms with Crippen LogP contribution in [0.2, 0.25) is 0 Å². The topological polar surface area (TPSA) is 100 Å². The quantitative estimate of drug-likeness (QED) is 0.547. The number of hydrogen-bond donors (Lipinski definition) is 1. The Morgan fingerprint density at radius 3 is 2.55 bits per heavy atom. The van der Waals surface area contributed by atoms with Crippen LogP contribution in [0, 0.1) is 10.1 Å². The largest absolute Gasteiger partial charge is 0.416 e. The summed E-state index contributed by atoms with van der Waals surface area (Å²) in [5.41, 5.74) is -0.406. The van der Waals surface area contributed by atoms with Crippen molar-refractivity contribution in [1.29, 1.82) is 0 Å². The Hall–Kier alpha value is -3.76. The van der Waals surface area contributed by atoms with Gasteiger partial charge in [0.25, 0.3) is 11.6 Å². The van der Waals surface area contributed by atoms with Gasteiger partial charge in [-0.3, -0.25) is 19.9 Å². The second-order valence-corrected chi connectivity index (χ2v) is 7.74. The predicted octanol–water partition coefficient (Wildman–Crippen LogP) is 4.19. The Morgan fingerprint density at radius 1 is 1.09 bits per heavy atom. The van der Waals surface area contributed by atoms with Crippen molar-refractivity contribution in [1.82, 2.24) is 5.32 Å². The Bertz CT molecular complexity index is 1150. The molecule has 0 spiro atoms. The second-order valence-electron chi connectivity index (χ2n) is 7.74. The van der Waals surface area contributed by atoms with Crippen molar-refractivity contribution in [3.05, 3.63) is 69.3 Å². The van der Waals surface area contributed by atoms with Crippen LogP contribution in [0.25, 0.3) is 0 Å². The first-order valence-electron chi connectivity index (χ1n) is 10.4. The number of nitro groups is 1. The zero-order chi connectivity index (χ0) is 23.6. The molecule has 2 aromatic rings. The molecular weight excluding hydrogens is 439 g/mol. The van der Waals surface area contributed by atoms with Crippen LogP contribution in [0.4, 0.5) is 24.5 Å². The van der Waals surface area contributed by atoms with Gasteiger partial charge >= 0.3 is 6.18 Å². The molecule has 172 valence electrons. The van der Waals surface area contributed by atoms with Crippen molar-refractivity contribution in [2.24, 2.45) is 9.98 Å². The van der Waals surface area contributed by atoms with Gasteiger partial charge in [-0.25, -0.2) is 4.99 Å². The van der Waals surface area contributed by atoms with Crippen molar-refractivity contribution in [2.75, 3.05) is 24.5 Å². The lowest BCUT2D eigenvalue weighted by Crippen LogP contribution is -2.33. The summed E-state index contributed by atoms with van der Waals surface area (Å²) >= 11 is 0. The van der Waals surface area contributed by atoms with E-state index < -0.39 is 22.6 Å². The van der Waals surface area contributed by atoms with Crippen LogP contribution < -0.4 is 10.2 Å². The summed E-state index contributed by atoms with van der Waals surface area (Å²) in [5, 5.41) is 14.0. The van der Waals surface area contributed by atoms with E-state index >= 15 is 0 Å². The van der Waals surface area contributed by atoms with Crippen LogP contribution in [0.5, 0.6) is 0 Å². The SMILES string of the molecule is O=C(NC1=NC(c2cccc(C(F)(F)F)c2)=NC1)c1cc(N2CCCCC2)ccc1[N+](=O)[O-]. The molecule has 4 rings (SSSR count). The maximum absolute atomic E-state index is 13.0. The molecule has 33 heavy (non-hydrogen) atoms. The monoisotopic (exact) mass is 459 g/mol. The molecule has 2 aliphatic rings. The number of benzene rings is 2. The number of rotatable bonds is 4. The number of anilines is 1. The number of carbonyl (C=O) groups excluding carboxylic acids is 1. The molecule has 0 saturated carbocycles. The highest BCUT2D eigenvalue weighted by Crippen LogP contribution is 2.30. The third-order valence-electron chi connectivity index (χ3n) is 5.47. The molecule has 1 saturated heterocycles. The highest BCUT2D eigenvalue weighted by molar-refractivity contribution is 6.17. The van der Waals surface area contributed by atoms with E-state index in [1.807, 2.05) is 0 Å². The molecule has 0 radical (unpaired) electrons. The van der Waals surface area contributed by atoms with Gasteiger partial charge in [-0.1, -0.05) is 12.1 Å². The van der Waals surface area contributed by atoms with Gasteiger partial charge in [0.1, 0.15) is 11.4 Å². The van der Waals surface area contributed by atoms with Gasteiger partial charge in [-0.2, -0.15) is 13.2 Å². The van der Waals surface area contributed by atoms with Crippen molar-refractivity contribution in [2.45, 2.75) is 25.4 Å². The number of carbonyl (C=O) groups is 1. The lowest BCUT2D eigenvalue weighted by Gasteiger charge is -2.29. The fraction of sp³-hybridized carbons (Fsp3) is 0.318. The minimum Gasteiger partial charge on any atom is -0.372 e. The number of aliphatic imine (C=N–C) groups is 2. The standard InChI is InChI=1S/C22H20F3N5O3/c23-22(24,25)15-6-4-5-14(11-15)20-26-13-19(27-20)28-21(31)17-12-16(7-8-18(17)30(32)33)29-9-2-1-3-10-29/h4-8,11-12H,1-3,9-10,13H2,(H,26,27,28,31). The van der Waals surface area contributed by atoms with Crippen LogP contribution in [0.15, 0.2) is 52.4 Å². The molecule has 0 unspecified atom stereocenters. The Balaban J connectivity index is 1.54. The van der Waals surface area contributed by atoms with Gasteiger partial charge in [0, 0.05) is 30.4 Å². The number of halogens is 3. The molecule has 0 aromatic heterocycles. The summed E-state index contributed by atoms with van der Waals surface area (Å²) in [5.74, 6) is -0.571. The highest BCUT2D eigenvalue weighted by atomic mass is 19.4. The van der Waals surface area contributed by atoms with E-state index in [0.29, 0.717) is 0 Å². The zero-order valence-electron chi connectivity index (χ0n) is 17.4. The lowest BCUT2D eigenvalue weighted by atomic mass is 10.1. The summed E-state index contributed by atoms with van der Waals surface area (Å²) in [4.78, 5) is 34.0. The molecular formula is C22H20F3N5O3. The molecule has 2 heterocycles. The fourth-order valence-corrected chi connectivity index (χ4v) is 3.82. The van der Waals surface area contributed by atoms with Crippen molar-refractivity contribution in [3.8, 4) is 0 Å². The number of nitrogens with one attached hydrogen (secondary N) is 1. The third-order valence-corrected chi connectivity index (χ3v) is 5.47. The summed E-state index contributed by atoms with van der Waals surface area (Å²) in [7, 11) is 0. The summed E-state index contributed by atoms with van der Waals surface area (Å²) < 4.78 is 38.9. The first-order chi connectivity index (χ1) is 15.7. The minimum atomic E-state index is -4.51. The van der Waals surface area contributed by atoms with Crippen molar-refractivity contribution < 1.29 is 22.9 Å². The second kappa shape index (κ2) is 9.00. The van der Waals surface area contributed by atoms with E-state index in [0.717, 1.165) is 50.2 Å². The van der Waals surface area contributed by atoms with E-state index in [1.54, 1.807) is 6.07 Å². The van der Waals surface area contributed by atoms with Crippen molar-refractivity contribution in [3.63, 3.8) is 0 Å². The van der Waals surface area contributed by atoms with Crippen LogP contribution in [0.1, 0.15) is 40.7 Å². The summed E-state index contributed by atoms with van der Waals surface area (Å²) in [6.45, 7) is 1.55. The van der Waals surface area contributed by atoms with Gasteiger partial charge in [0.2, 0.25) is 0 Å².